The molecule has 0 amide bonds. The van der Waals surface area contributed by atoms with Crippen LogP contribution in [0.15, 0.2) is 91.6 Å². The van der Waals surface area contributed by atoms with Gasteiger partial charge in [0.25, 0.3) is 16.7 Å². The van der Waals surface area contributed by atoms with Crippen molar-refractivity contribution >= 4 is 204 Å². The van der Waals surface area contributed by atoms with Crippen molar-refractivity contribution < 1.29 is 130 Å². The molecule has 18 rings (SSSR count). The number of H-pyrrole nitrogens is 3. The number of imidazole rings is 4. The Labute approximate surface area is 861 Å². The van der Waals surface area contributed by atoms with E-state index in [1.807, 2.05) is 0 Å². The molecule has 0 aromatic carbocycles. The summed E-state index contributed by atoms with van der Waals surface area (Å²) in [5, 5.41) is 0. The molecule has 7 fully saturated rings. The van der Waals surface area contributed by atoms with E-state index in [2.05, 4.69) is 74.8 Å². The number of aryl methyl sites for hydroxylation is 3. The molecule has 0 spiro atoms. The predicted octanol–water partition coefficient (Wildman–Crippen LogP) is -2.14. The second-order valence-electron chi connectivity index (χ2n) is 34.0. The zero-order valence-corrected chi connectivity index (χ0v) is 88.5. The molecule has 0 radical (unpaired) electrons. The van der Waals surface area contributed by atoms with Crippen molar-refractivity contribution in [3.63, 3.8) is 0 Å². The van der Waals surface area contributed by atoms with Gasteiger partial charge in [-0.1, -0.05) is 77.8 Å². The fraction of sp³-hybridized carbons (Fsp3) is 0.556. The number of nitrogens with one attached hydrogen (secondary N) is 3. The van der Waals surface area contributed by atoms with Crippen molar-refractivity contribution in [3.05, 3.63) is 142 Å². The highest BCUT2D eigenvalue weighted by atomic mass is 32.7. The van der Waals surface area contributed by atoms with E-state index in [-0.39, 0.29) is 130 Å². The lowest BCUT2D eigenvalue weighted by Crippen LogP contribution is -2.34. The van der Waals surface area contributed by atoms with E-state index in [0.29, 0.717) is 5.56 Å². The van der Waals surface area contributed by atoms with E-state index < -0.39 is 256 Å². The molecular formula is C72H87N27O34P7S7-7. The number of aromatic nitrogens is 22. The number of nitrogens with two attached hydrogens (primary N) is 5. The first kappa shape index (κ1) is 109. The van der Waals surface area contributed by atoms with Gasteiger partial charge < -0.3 is 167 Å². The summed E-state index contributed by atoms with van der Waals surface area (Å²) in [6.07, 6.45) is -16.9. The zero-order chi connectivity index (χ0) is 105. The molecule has 147 heavy (non-hydrogen) atoms. The minimum atomic E-state index is -5.01. The molecule has 798 valence electrons. The third-order valence-corrected chi connectivity index (χ3v) is 35.5. The van der Waals surface area contributed by atoms with Crippen LogP contribution in [0.5, 0.6) is 0 Å². The Morgan fingerprint density at radius 2 is 0.646 bits per heavy atom. The Kier molecular flexibility index (Phi) is 32.7. The number of rotatable bonds is 41. The van der Waals surface area contributed by atoms with Crippen LogP contribution in [-0.4, -0.2) is 239 Å². The Morgan fingerprint density at radius 1 is 0.361 bits per heavy atom. The minimum Gasteiger partial charge on any atom is -0.780 e. The summed E-state index contributed by atoms with van der Waals surface area (Å²) in [7, 11) is 1.06. The fourth-order valence-electron chi connectivity index (χ4n) is 17.3. The monoisotopic (exact) mass is 2310 g/mol. The quantitative estimate of drug-likeness (QED) is 0.0150. The topological polar surface area (TPSA) is 818 Å². The van der Waals surface area contributed by atoms with Crippen LogP contribution in [0.1, 0.15) is 119 Å². The van der Waals surface area contributed by atoms with Gasteiger partial charge in [-0.15, -0.1) is 0 Å². The summed E-state index contributed by atoms with van der Waals surface area (Å²) in [6.45, 7) is -32.2. The smallest absolute Gasteiger partial charge is 0.351 e. The van der Waals surface area contributed by atoms with Gasteiger partial charge in [-0.2, -0.15) is 9.97 Å². The van der Waals surface area contributed by atoms with Gasteiger partial charge in [0.05, 0.1) is 114 Å². The zero-order valence-electron chi connectivity index (χ0n) is 76.5. The summed E-state index contributed by atoms with van der Waals surface area (Å²) in [5.41, 5.74) is 27.0. The van der Waals surface area contributed by atoms with Gasteiger partial charge in [0, 0.05) is 87.3 Å². The van der Waals surface area contributed by atoms with Gasteiger partial charge in [0.2, 0.25) is 5.95 Å². The van der Waals surface area contributed by atoms with Gasteiger partial charge in [-0.3, -0.25) is 65.9 Å². The Balaban J connectivity index is 0.561. The van der Waals surface area contributed by atoms with Crippen molar-refractivity contribution in [2.45, 2.75) is 208 Å². The maximum absolute atomic E-state index is 15.1. The average molecular weight is 2320 g/mol. The molecule has 7 unspecified atom stereocenters. The van der Waals surface area contributed by atoms with Crippen LogP contribution in [-0.2, 0) is 184 Å². The van der Waals surface area contributed by atoms with Crippen molar-refractivity contribution in [1.29, 1.82) is 0 Å². The third kappa shape index (κ3) is 24.9. The summed E-state index contributed by atoms with van der Waals surface area (Å²) < 4.78 is 150. The maximum atomic E-state index is 15.1. The molecule has 61 nitrogen and oxygen atoms in total. The average Bonchev–Trinajstić information content (AvgIpc) is 1.45. The van der Waals surface area contributed by atoms with E-state index in [1.54, 1.807) is 13.8 Å². The second-order valence-corrected chi connectivity index (χ2v) is 53.1. The van der Waals surface area contributed by atoms with E-state index in [0.717, 1.165) is 39.7 Å². The Morgan fingerprint density at radius 3 is 0.986 bits per heavy atom. The molecule has 18 heterocycles. The second kappa shape index (κ2) is 43.9. The number of ether oxygens (including phenoxy) is 7. The van der Waals surface area contributed by atoms with Gasteiger partial charge in [0.15, 0.2) is 52.4 Å². The third-order valence-electron chi connectivity index (χ3n) is 24.4. The van der Waals surface area contributed by atoms with E-state index in [9.17, 15) is 48.0 Å². The molecule has 28 atom stereocenters. The molecule has 11 aromatic rings. The molecule has 13 N–H and O–H groups in total. The SMILES string of the molecule is CC[C@H]1O[C@@H](n2cc(C)c(=O)[nH]c2=O)C[C@H]1OP([O-])(=S)OC[C@H]1O[C@@H](n2cc(C)c(N)nc2=O)C[C@H]1OP(=O)([S-])OC[C@H]1O[C@@H](n2cc(C)c(=O)[nH]c2=O)C[C@H]1OP([O-])(=S)OC[C@H]1O[C@@H](n2cnc3c(N)ncnc32)C[C@H]1OP([O-])(=S)OC[C@H]1O[C@@H](n2cnc3c(N)ncnc32)C[C@H]1OP([O-])(=S)OC[C@H]1O[C@@H](n2cnc3c(N)ncnc32)C[C@H]1OP([O-])(=S)OC[C@H]1O[C@@H](n2cnc3c(=O)[nH]c(N)nc32)C[C@H]1OP([O-])(=S)OC. The van der Waals surface area contributed by atoms with Gasteiger partial charge >= 0.3 is 17.1 Å². The van der Waals surface area contributed by atoms with Crippen LogP contribution >= 0.6 is 47.1 Å². The number of aromatic amines is 3. The molecule has 0 aliphatic carbocycles. The highest BCUT2D eigenvalue weighted by Gasteiger charge is 2.50. The lowest BCUT2D eigenvalue weighted by Gasteiger charge is -2.36. The van der Waals surface area contributed by atoms with Crippen LogP contribution in [0.3, 0.4) is 0 Å². The molecule has 7 saturated heterocycles. The lowest BCUT2D eigenvalue weighted by molar-refractivity contribution is -0.221. The summed E-state index contributed by atoms with van der Waals surface area (Å²) in [6, 6.07) is 0. The number of hydrogen-bond acceptors (Lipinski definition) is 58. The summed E-state index contributed by atoms with van der Waals surface area (Å²) >= 11 is 38.3. The predicted molar refractivity (Wildman–Crippen MR) is 519 cm³/mol. The van der Waals surface area contributed by atoms with Crippen LogP contribution in [0.25, 0.3) is 44.7 Å². The fourth-order valence-corrected chi connectivity index (χ4v) is 27.0. The van der Waals surface area contributed by atoms with Crippen LogP contribution < -0.4 is 91.8 Å². The minimum absolute atomic E-state index is 0.00343. The van der Waals surface area contributed by atoms with Gasteiger partial charge in [0.1, 0.15) is 162 Å². The van der Waals surface area contributed by atoms with Crippen LogP contribution in [0.4, 0.5) is 29.2 Å². The first-order chi connectivity index (χ1) is 69.5. The van der Waals surface area contributed by atoms with E-state index in [1.165, 1.54) is 76.1 Å². The molecule has 0 saturated carbocycles. The van der Waals surface area contributed by atoms with Crippen LogP contribution in [0.2, 0.25) is 0 Å². The van der Waals surface area contributed by atoms with E-state index >= 15 is 14.7 Å². The van der Waals surface area contributed by atoms with Crippen molar-refractivity contribution in [2.24, 2.45) is 0 Å². The van der Waals surface area contributed by atoms with E-state index in [4.69, 9.17) is 208 Å². The molecule has 0 bridgehead atoms. The number of nitrogens with zero attached hydrogens (tertiary/aromatic N) is 19. The van der Waals surface area contributed by atoms with Crippen molar-refractivity contribution in [1.82, 2.24) is 107 Å². The summed E-state index contributed by atoms with van der Waals surface area (Å²) in [5.74, 6) is -0.427. The standard InChI is InChI=1S/C72H94N27O34P7S7/c1-6-33-34(7-47(120-33)94-15-31(3)66(100)91-71(94)104)128-135(107,142)114-18-42-36(8-48(121-42)93-14-30(2)58(73)88-70(93)103)129-136(108,143)116-19-43-37(9-49(122-43)95-16-32(4)67(101)92-72(95)105)130-137(109,144)117-20-44-39(12-51(123-44)97-27-85-55-60(75)79-24-82-63(55)97)132-139(111,146)119-22-46-40(13-52(125-46)98-28-86-56-61(76)80-25-83-64(56)98)133-140(112,147)118-21-45-38(11-50(124-45)96-26-84-54-59(74)78-23-81-62(54)96)131-138(110,145)115-17-41-35(127-134(106,141)113-5)10-53(126-41)99-29-87-57-65(99)89-69(77)90-68(57)102/h14-16,23-29,33-53H,6-13,17-22H2,1-5H3,(H,106,141)(H,107,142)(H,108,143)(H,109,144)(H,110,145)(H,111,146)(H,112,147)(H2,73,88,103)(H2,74,78,81)(H2,75,79,82)(H2,76,80,83)(H,91,100,104)(H,92,101,105)(H3,77,89,90,102)/p-7/t33-,34-,35-,36-,37-,38-,39-,40-,41-,42-,43-,44-,45-,46-,47-,48-,49-,50-,51-,52-,53-,134?,135?,136?,137?,138?,139?,140?/m1/s1. The first-order valence-corrected chi connectivity index (χ1v) is 61.9. The Hall–Kier alpha value is -7.36. The molecule has 7 aliphatic heterocycles. The molecule has 75 heteroatoms. The summed E-state index contributed by atoms with van der Waals surface area (Å²) in [4.78, 5) is 222. The molecule has 7 aliphatic rings. The molecular weight excluding hydrogens is 2230 g/mol. The normalized spacial score (nSPS) is 29.4. The molecule has 11 aromatic heterocycles. The lowest BCUT2D eigenvalue weighted by atomic mass is 10.1. The van der Waals surface area contributed by atoms with Gasteiger partial charge in [-0.05, 0) is 27.2 Å². The van der Waals surface area contributed by atoms with Crippen LogP contribution in [0, 0.1) is 20.8 Å². The number of fused-ring (bicyclic) bond motifs is 4. The highest BCUT2D eigenvalue weighted by Crippen LogP contribution is 2.57. The van der Waals surface area contributed by atoms with Gasteiger partial charge in [-0.25, -0.2) is 64.2 Å². The number of hydrogen-bond donors (Lipinski definition) is 8. The number of anilines is 5. The maximum Gasteiger partial charge on any atom is 0.351 e. The largest absolute Gasteiger partial charge is 0.780 e. The highest BCUT2D eigenvalue weighted by molar-refractivity contribution is 8.32. The van der Waals surface area contributed by atoms with Crippen molar-refractivity contribution in [3.8, 4) is 0 Å². The number of nitrogen functional groups attached to an aromatic ring is 5. The first-order valence-electron chi connectivity index (χ1n) is 44.0. The Bertz CT molecular complexity index is 7600. The van der Waals surface area contributed by atoms with Crippen molar-refractivity contribution in [2.75, 3.05) is 75.4 Å².